The van der Waals surface area contributed by atoms with Crippen molar-refractivity contribution in [2.75, 3.05) is 11.9 Å². The summed E-state index contributed by atoms with van der Waals surface area (Å²) in [5.74, 6) is -1.60. The Bertz CT molecular complexity index is 483. The molecule has 1 unspecified atom stereocenters. The summed E-state index contributed by atoms with van der Waals surface area (Å²) in [6, 6.07) is 1.52. The van der Waals surface area contributed by atoms with E-state index in [0.29, 0.717) is 19.0 Å². The molecule has 2 rings (SSSR count). The second-order valence-corrected chi connectivity index (χ2v) is 4.09. The molecule has 0 saturated carbocycles. The van der Waals surface area contributed by atoms with Crippen LogP contribution in [0.2, 0.25) is 0 Å². The van der Waals surface area contributed by atoms with Gasteiger partial charge in [-0.05, 0) is 24.6 Å². The number of hydrogen-bond acceptors (Lipinski definition) is 3. The summed E-state index contributed by atoms with van der Waals surface area (Å²) in [5, 5.41) is 2.16. The van der Waals surface area contributed by atoms with Gasteiger partial charge in [0.05, 0.1) is 11.3 Å². The van der Waals surface area contributed by atoms with Gasteiger partial charge in [-0.3, -0.25) is 10.2 Å². The minimum Gasteiger partial charge on any atom is -0.324 e. The highest BCUT2D eigenvalue weighted by atomic mass is 19.4. The lowest BCUT2D eigenvalue weighted by Gasteiger charge is -2.15. The van der Waals surface area contributed by atoms with E-state index < -0.39 is 35.2 Å². The first-order chi connectivity index (χ1) is 8.88. The van der Waals surface area contributed by atoms with Crippen molar-refractivity contribution >= 4 is 11.6 Å². The van der Waals surface area contributed by atoms with Crippen molar-refractivity contribution in [2.24, 2.45) is 0 Å². The molecule has 0 aromatic heterocycles. The van der Waals surface area contributed by atoms with Crippen LogP contribution in [0.4, 0.5) is 23.2 Å². The lowest BCUT2D eigenvalue weighted by Crippen LogP contribution is -2.39. The number of benzene rings is 1. The smallest absolute Gasteiger partial charge is 0.324 e. The van der Waals surface area contributed by atoms with Gasteiger partial charge in [-0.1, -0.05) is 0 Å². The monoisotopic (exact) mass is 277 g/mol. The third-order valence-electron chi connectivity index (χ3n) is 2.70. The number of anilines is 1. The molecule has 104 valence electrons. The molecule has 0 bridgehead atoms. The van der Waals surface area contributed by atoms with Gasteiger partial charge >= 0.3 is 6.18 Å². The molecule has 0 radical (unpaired) electrons. The van der Waals surface area contributed by atoms with E-state index in [-0.39, 0.29) is 0 Å². The van der Waals surface area contributed by atoms with E-state index in [9.17, 15) is 22.4 Å². The van der Waals surface area contributed by atoms with Gasteiger partial charge in [0.1, 0.15) is 11.9 Å². The maximum atomic E-state index is 12.9. The number of hydrogen-bond donors (Lipinski definition) is 3. The highest BCUT2D eigenvalue weighted by Gasteiger charge is 2.35. The van der Waals surface area contributed by atoms with Gasteiger partial charge in [0.2, 0.25) is 5.91 Å². The van der Waals surface area contributed by atoms with Crippen molar-refractivity contribution in [3.63, 3.8) is 0 Å². The van der Waals surface area contributed by atoms with Gasteiger partial charge < -0.3 is 5.32 Å². The summed E-state index contributed by atoms with van der Waals surface area (Å²) >= 11 is 0. The molecule has 8 heteroatoms. The van der Waals surface area contributed by atoms with Crippen molar-refractivity contribution in [3.05, 3.63) is 29.6 Å². The molecule has 1 heterocycles. The van der Waals surface area contributed by atoms with Crippen molar-refractivity contribution in [3.8, 4) is 0 Å². The number of carbonyl (C=O) groups is 1. The zero-order chi connectivity index (χ0) is 14.0. The molecule has 1 aromatic carbocycles. The number of halogens is 4. The molecule has 3 N–H and O–H groups in total. The summed E-state index contributed by atoms with van der Waals surface area (Å²) < 4.78 is 51.0. The quantitative estimate of drug-likeness (QED) is 0.720. The van der Waals surface area contributed by atoms with Crippen LogP contribution in [0.1, 0.15) is 12.0 Å². The van der Waals surface area contributed by atoms with Gasteiger partial charge in [-0.2, -0.15) is 13.2 Å². The lowest BCUT2D eigenvalue weighted by molar-refractivity contribution is -0.137. The Morgan fingerprint density at radius 2 is 2.11 bits per heavy atom. The van der Waals surface area contributed by atoms with E-state index in [0.717, 1.165) is 12.1 Å². The van der Waals surface area contributed by atoms with Crippen LogP contribution in [0, 0.1) is 5.82 Å². The minimum absolute atomic E-state index is 0.357. The molecule has 1 amide bonds. The van der Waals surface area contributed by atoms with E-state index in [1.807, 2.05) is 0 Å². The van der Waals surface area contributed by atoms with Crippen molar-refractivity contribution in [1.29, 1.82) is 0 Å². The highest BCUT2D eigenvalue weighted by Crippen LogP contribution is 2.35. The van der Waals surface area contributed by atoms with E-state index in [2.05, 4.69) is 16.2 Å². The number of rotatable bonds is 2. The van der Waals surface area contributed by atoms with Crippen LogP contribution in [0.15, 0.2) is 18.2 Å². The van der Waals surface area contributed by atoms with Crippen LogP contribution < -0.4 is 16.2 Å². The lowest BCUT2D eigenvalue weighted by atomic mass is 10.1. The molecule has 1 saturated heterocycles. The SMILES string of the molecule is O=C(Nc1ccc(F)cc1C(F)(F)F)C1CCNN1. The minimum atomic E-state index is -4.73. The molecule has 1 fully saturated rings. The second-order valence-electron chi connectivity index (χ2n) is 4.09. The fourth-order valence-corrected chi connectivity index (χ4v) is 1.76. The zero-order valence-electron chi connectivity index (χ0n) is 9.64. The average Bonchev–Trinajstić information content (AvgIpc) is 2.83. The zero-order valence-corrected chi connectivity index (χ0v) is 9.64. The first-order valence-electron chi connectivity index (χ1n) is 5.54. The number of carbonyl (C=O) groups excluding carboxylic acids is 1. The predicted molar refractivity (Wildman–Crippen MR) is 59.6 cm³/mol. The fourth-order valence-electron chi connectivity index (χ4n) is 1.76. The van der Waals surface area contributed by atoms with E-state index in [4.69, 9.17) is 0 Å². The Kier molecular flexibility index (Phi) is 3.72. The summed E-state index contributed by atoms with van der Waals surface area (Å²) in [6.45, 7) is 0.549. The summed E-state index contributed by atoms with van der Waals surface area (Å²) in [6.07, 6.45) is -4.26. The summed E-state index contributed by atoms with van der Waals surface area (Å²) in [7, 11) is 0. The standard InChI is InChI=1S/C11H11F4N3O/c12-6-1-2-8(7(5-6)11(13,14)15)17-10(19)9-3-4-16-18-9/h1-2,5,9,16,18H,3-4H2,(H,17,19). The highest BCUT2D eigenvalue weighted by molar-refractivity contribution is 5.95. The summed E-state index contributed by atoms with van der Waals surface area (Å²) in [4.78, 5) is 11.7. The molecule has 19 heavy (non-hydrogen) atoms. The van der Waals surface area contributed by atoms with Crippen LogP contribution in [0.25, 0.3) is 0 Å². The Morgan fingerprint density at radius 3 is 2.68 bits per heavy atom. The molecular formula is C11H11F4N3O. The normalized spacial score (nSPS) is 19.5. The number of hydrazine groups is 1. The molecule has 0 aliphatic carbocycles. The van der Waals surface area contributed by atoms with Crippen molar-refractivity contribution < 1.29 is 22.4 Å². The Balaban J connectivity index is 2.22. The van der Waals surface area contributed by atoms with Crippen LogP contribution in [-0.4, -0.2) is 18.5 Å². The first-order valence-corrected chi connectivity index (χ1v) is 5.54. The van der Waals surface area contributed by atoms with E-state index in [1.54, 1.807) is 0 Å². The Labute approximate surface area is 106 Å². The maximum Gasteiger partial charge on any atom is 0.418 e. The first kappa shape index (κ1) is 13.8. The molecule has 1 aliphatic rings. The average molecular weight is 277 g/mol. The second kappa shape index (κ2) is 5.14. The van der Waals surface area contributed by atoms with Crippen molar-refractivity contribution in [1.82, 2.24) is 10.9 Å². The topological polar surface area (TPSA) is 53.2 Å². The third-order valence-corrected chi connectivity index (χ3v) is 2.70. The molecule has 1 aromatic rings. The van der Waals surface area contributed by atoms with Gasteiger partial charge in [0.25, 0.3) is 0 Å². The van der Waals surface area contributed by atoms with Crippen molar-refractivity contribution in [2.45, 2.75) is 18.6 Å². The molecule has 4 nitrogen and oxygen atoms in total. The van der Waals surface area contributed by atoms with Gasteiger partial charge in [0.15, 0.2) is 0 Å². The van der Waals surface area contributed by atoms with Crippen LogP contribution in [0.5, 0.6) is 0 Å². The van der Waals surface area contributed by atoms with Crippen LogP contribution in [-0.2, 0) is 11.0 Å². The molecule has 1 atom stereocenters. The molecule has 0 spiro atoms. The van der Waals surface area contributed by atoms with E-state index in [1.165, 1.54) is 0 Å². The van der Waals surface area contributed by atoms with Crippen LogP contribution in [0.3, 0.4) is 0 Å². The van der Waals surface area contributed by atoms with Gasteiger partial charge in [0, 0.05) is 6.54 Å². The largest absolute Gasteiger partial charge is 0.418 e. The van der Waals surface area contributed by atoms with Gasteiger partial charge in [-0.25, -0.2) is 9.82 Å². The Morgan fingerprint density at radius 1 is 1.37 bits per heavy atom. The predicted octanol–water partition coefficient (Wildman–Crippen LogP) is 1.65. The fraction of sp³-hybridized carbons (Fsp3) is 0.364. The Hall–Kier alpha value is -1.67. The summed E-state index contributed by atoms with van der Waals surface area (Å²) in [5.41, 5.74) is 3.68. The number of nitrogens with one attached hydrogen (secondary N) is 3. The van der Waals surface area contributed by atoms with E-state index >= 15 is 0 Å². The molecular weight excluding hydrogens is 266 g/mol. The number of alkyl halides is 3. The van der Waals surface area contributed by atoms with Gasteiger partial charge in [-0.15, -0.1) is 0 Å². The third kappa shape index (κ3) is 3.21. The van der Waals surface area contributed by atoms with Crippen LogP contribution >= 0.6 is 0 Å². The maximum absolute atomic E-state index is 12.9. The molecule has 1 aliphatic heterocycles. The number of amides is 1.